The van der Waals surface area contributed by atoms with E-state index in [1.807, 2.05) is 0 Å². The van der Waals surface area contributed by atoms with Crippen LogP contribution < -0.4 is 5.19 Å². The van der Waals surface area contributed by atoms with Gasteiger partial charge in [0.1, 0.15) is 0 Å². The summed E-state index contributed by atoms with van der Waals surface area (Å²) in [6, 6.07) is 41.7. The standard InChI is InChI=1S/C18H19Si.C17H15.2CH3.2ClH.Si.Zr/c1-19(2,3)16-12-15-10-7-11-17(18(15)13-16)14-8-5-4-6-9-14;1-12-10-16-13(2)8-9-15(17(16)11-12)14-6-4-3-5-7-14;;;;;;/h4-13H,1-3H3;3-11H,1-2H3;2*1H3;2*1H;;/q4*-1;;;;. The van der Waals surface area contributed by atoms with Gasteiger partial charge in [0.25, 0.3) is 0 Å². The fourth-order valence-electron chi connectivity index (χ4n) is 5.00. The van der Waals surface area contributed by atoms with E-state index in [2.05, 4.69) is 156 Å². The normalized spacial score (nSPS) is 9.90. The van der Waals surface area contributed by atoms with E-state index in [0.717, 1.165) is 0 Å². The fourth-order valence-corrected chi connectivity index (χ4v) is 6.16. The summed E-state index contributed by atoms with van der Waals surface area (Å²) in [6.07, 6.45) is 0. The molecule has 0 aliphatic carbocycles. The van der Waals surface area contributed by atoms with Crippen molar-refractivity contribution in [3.8, 4) is 22.3 Å². The molecule has 0 atom stereocenters. The molecule has 0 fully saturated rings. The van der Waals surface area contributed by atoms with Crippen molar-refractivity contribution in [3.05, 3.63) is 141 Å². The van der Waals surface area contributed by atoms with Gasteiger partial charge in [0, 0.05) is 0 Å². The number of halogens is 2. The molecule has 0 aromatic heterocycles. The van der Waals surface area contributed by atoms with Crippen molar-refractivity contribution < 1.29 is 23.3 Å². The molecule has 0 aliphatic heterocycles. The van der Waals surface area contributed by atoms with Crippen LogP contribution in [0.25, 0.3) is 43.8 Å². The van der Waals surface area contributed by atoms with Crippen LogP contribution >= 0.6 is 24.8 Å². The summed E-state index contributed by atoms with van der Waals surface area (Å²) in [5.74, 6) is 0. The topological polar surface area (TPSA) is 0 Å². The minimum atomic E-state index is -1.24. The quantitative estimate of drug-likeness (QED) is 0.127. The van der Waals surface area contributed by atoms with E-state index in [4.69, 9.17) is 0 Å². The van der Waals surface area contributed by atoms with E-state index >= 15 is 0 Å². The minimum absolute atomic E-state index is 0. The molecule has 5 heteroatoms. The van der Waals surface area contributed by atoms with Crippen molar-refractivity contribution in [3.63, 3.8) is 0 Å². The van der Waals surface area contributed by atoms with Crippen LogP contribution in [0.2, 0.25) is 19.6 Å². The van der Waals surface area contributed by atoms with E-state index in [-0.39, 0.29) is 39.7 Å². The van der Waals surface area contributed by atoms with Crippen LogP contribution in [0.4, 0.5) is 0 Å². The molecule has 2 radical (unpaired) electrons. The molecule has 0 spiro atoms. The molecule has 0 bridgehead atoms. The van der Waals surface area contributed by atoms with Crippen LogP contribution in [0.5, 0.6) is 0 Å². The molecule has 0 saturated carbocycles. The van der Waals surface area contributed by atoms with Crippen LogP contribution in [0.3, 0.4) is 0 Å². The molecule has 0 heterocycles. The van der Waals surface area contributed by atoms with Gasteiger partial charge in [0.15, 0.2) is 0 Å². The number of aryl methyl sites for hydroxylation is 2. The zero-order chi connectivity index (χ0) is 27.3. The summed E-state index contributed by atoms with van der Waals surface area (Å²) in [6.45, 7) is 14.6. The van der Waals surface area contributed by atoms with E-state index in [0.29, 0.717) is 0 Å². The second kappa shape index (κ2) is 18.0. The van der Waals surface area contributed by atoms with E-state index in [1.54, 1.807) is 5.19 Å². The van der Waals surface area contributed by atoms with Gasteiger partial charge in [-0.2, -0.15) is 12.1 Å². The van der Waals surface area contributed by atoms with E-state index in [9.17, 15) is 0 Å². The van der Waals surface area contributed by atoms with Crippen LogP contribution in [0.1, 0.15) is 11.1 Å². The molecule has 6 rings (SSSR count). The van der Waals surface area contributed by atoms with Crippen LogP contribution in [0, 0.1) is 28.7 Å². The second-order valence-corrected chi connectivity index (χ2v) is 15.9. The van der Waals surface area contributed by atoms with Crippen molar-refractivity contribution in [1.29, 1.82) is 0 Å². The number of hydrogen-bond acceptors (Lipinski definition) is 0. The van der Waals surface area contributed by atoms with Gasteiger partial charge in [-0.05, 0) is 11.1 Å². The van der Waals surface area contributed by atoms with Crippen LogP contribution in [-0.4, -0.2) is 15.0 Å². The third-order valence-electron chi connectivity index (χ3n) is 7.04. The summed E-state index contributed by atoms with van der Waals surface area (Å²) < 4.78 is 0. The first-order chi connectivity index (χ1) is 18.3. The van der Waals surface area contributed by atoms with Crippen molar-refractivity contribution in [2.45, 2.75) is 33.5 Å². The Kier molecular flexibility index (Phi) is 17.1. The zero-order valence-corrected chi connectivity index (χ0v) is 31.9. The van der Waals surface area contributed by atoms with Crippen molar-refractivity contribution in [2.24, 2.45) is 0 Å². The molecule has 42 heavy (non-hydrogen) atoms. The van der Waals surface area contributed by atoms with Crippen molar-refractivity contribution in [2.75, 3.05) is 0 Å². The zero-order valence-electron chi connectivity index (χ0n) is 25.8. The molecule has 0 saturated heterocycles. The Morgan fingerprint density at radius 3 is 1.64 bits per heavy atom. The van der Waals surface area contributed by atoms with Crippen molar-refractivity contribution >= 4 is 66.5 Å². The first-order valence-corrected chi connectivity index (χ1v) is 20.7. The Labute approximate surface area is 284 Å². The Morgan fingerprint density at radius 2 is 1.12 bits per heavy atom. The third-order valence-corrected chi connectivity index (χ3v) is 9.06. The van der Waals surface area contributed by atoms with Gasteiger partial charge < -0.3 is 14.9 Å². The number of hydrogen-bond donors (Lipinski definition) is 0. The molecule has 220 valence electrons. The predicted molar refractivity (Wildman–Crippen MR) is 195 cm³/mol. The summed E-state index contributed by atoms with van der Waals surface area (Å²) in [5.41, 5.74) is 7.98. The number of benzene rings is 4. The van der Waals surface area contributed by atoms with Crippen LogP contribution in [-0.2, 0) is 23.3 Å². The Balaban J connectivity index is 0.000000696. The molecule has 0 N–H and O–H groups in total. The molecular formula is C37H42Cl2Si2Zr-4. The second-order valence-electron chi connectivity index (χ2n) is 10.8. The fraction of sp³-hybridized carbons (Fsp3) is 0.135. The number of fused-ring (bicyclic) bond motifs is 2. The van der Waals surface area contributed by atoms with Gasteiger partial charge in [-0.15, -0.1) is 93.0 Å². The van der Waals surface area contributed by atoms with Gasteiger partial charge >= 0.3 is 30.2 Å². The molecule has 0 amide bonds. The van der Waals surface area contributed by atoms with Gasteiger partial charge in [0.2, 0.25) is 0 Å². The van der Waals surface area contributed by atoms with Gasteiger partial charge in [-0.1, -0.05) is 117 Å². The molecule has 6 aromatic carbocycles. The Hall–Kier alpha value is -2.00. The average Bonchev–Trinajstić information content (AvgIpc) is 3.56. The molecule has 0 nitrogen and oxygen atoms in total. The van der Waals surface area contributed by atoms with Gasteiger partial charge in [-0.3, -0.25) is 0 Å². The first-order valence-electron chi connectivity index (χ1n) is 13.0. The summed E-state index contributed by atoms with van der Waals surface area (Å²) in [7, 11) is -1.24. The van der Waals surface area contributed by atoms with Gasteiger partial charge in [-0.25, -0.2) is 0 Å². The maximum atomic E-state index is 3.06. The number of rotatable bonds is 3. The predicted octanol–water partition coefficient (Wildman–Crippen LogP) is 11.0. The molecule has 0 aliphatic rings. The summed E-state index contributed by atoms with van der Waals surface area (Å²) >= 11 is 1.36. The Bertz CT molecular complexity index is 1650. The third kappa shape index (κ3) is 9.25. The Morgan fingerprint density at radius 1 is 0.595 bits per heavy atom. The van der Waals surface area contributed by atoms with E-state index in [1.165, 1.54) is 78.3 Å². The summed E-state index contributed by atoms with van der Waals surface area (Å²) in [4.78, 5) is 0. The monoisotopic (exact) mass is 702 g/mol. The van der Waals surface area contributed by atoms with Gasteiger partial charge in [0.05, 0.1) is 8.07 Å². The van der Waals surface area contributed by atoms with E-state index < -0.39 is 8.07 Å². The van der Waals surface area contributed by atoms with Crippen LogP contribution in [0.15, 0.2) is 115 Å². The molecule has 6 aromatic rings. The maximum absolute atomic E-state index is 3.06. The van der Waals surface area contributed by atoms with Crippen molar-refractivity contribution in [1.82, 2.24) is 0 Å². The summed E-state index contributed by atoms with van der Waals surface area (Å²) in [5, 5.41) is 7.06. The first kappa shape index (κ1) is 40.0. The SMILES string of the molecule is C[Si](C)(C)c1cc2c(-c3ccccc3)cccc2[cH-]1.Cc1cc2c(-c3ccccc3)ccc(C)c2[cH-]1.Cl.Cl.[CH3-].[CH3-].[Si]=[Zr]. The average molecular weight is 705 g/mol. The molecular weight excluding hydrogens is 663 g/mol. The molecule has 0 unspecified atom stereocenters.